The molecule has 2 unspecified atom stereocenters. The third-order valence-electron chi connectivity index (χ3n) is 6.14. The summed E-state index contributed by atoms with van der Waals surface area (Å²) in [7, 11) is -11.0. The van der Waals surface area contributed by atoms with Crippen LogP contribution in [0.1, 0.15) is 12.6 Å². The maximum Gasteiger partial charge on any atom is 0.274 e. The van der Waals surface area contributed by atoms with E-state index in [9.17, 15) is 39.3 Å². The summed E-state index contributed by atoms with van der Waals surface area (Å²) < 4.78 is 44.1. The molecule has 2 aromatic rings. The summed E-state index contributed by atoms with van der Waals surface area (Å²) in [5, 5.41) is 44.5. The molecule has 1 aliphatic carbocycles. The van der Waals surface area contributed by atoms with Gasteiger partial charge < -0.3 is 49.3 Å². The zero-order valence-electron chi connectivity index (χ0n) is 17.6. The number of hydrogen-bond donors (Lipinski definition) is 5. The van der Waals surface area contributed by atoms with E-state index >= 15 is 0 Å². The number of imidazole rings is 1. The molecule has 0 aromatic carbocycles. The number of fused-ring (bicyclic) bond motifs is 5. The summed E-state index contributed by atoms with van der Waals surface area (Å²) in [6.45, 7) is -1.58. The molecule has 10 atom stereocenters. The van der Waals surface area contributed by atoms with Gasteiger partial charge in [0.15, 0.2) is 23.2 Å². The minimum absolute atomic E-state index is 0.0123. The number of hydrogen-bond acceptors (Lipinski definition) is 16. The van der Waals surface area contributed by atoms with Gasteiger partial charge in [-0.15, -0.1) is 0 Å². The molecule has 1 saturated heterocycles. The first kappa shape index (κ1) is 25.1. The van der Waals surface area contributed by atoms with Crippen LogP contribution in [0.5, 0.6) is 0 Å². The van der Waals surface area contributed by atoms with Crippen molar-refractivity contribution in [1.82, 2.24) is 19.5 Å². The van der Waals surface area contributed by atoms with Gasteiger partial charge in [0.05, 0.1) is 31.7 Å². The third-order valence-corrected chi connectivity index (χ3v) is 8.67. The molecule has 194 valence electrons. The molecule has 1 saturated carbocycles. The molecule has 0 spiro atoms. The highest BCUT2D eigenvalue weighted by atomic mass is 31.3. The van der Waals surface area contributed by atoms with E-state index in [4.69, 9.17) is 4.74 Å². The number of aliphatic hydroxyl groups is 4. The number of rotatable bonds is 0. The number of aromatic nitrogens is 4. The second kappa shape index (κ2) is 9.06. The predicted molar refractivity (Wildman–Crippen MR) is 107 cm³/mol. The van der Waals surface area contributed by atoms with Gasteiger partial charge in [0.2, 0.25) is 0 Å². The Hall–Kier alpha value is -1.59. The average molecular weight is 537 g/mol. The van der Waals surface area contributed by atoms with Crippen LogP contribution in [-0.2, 0) is 27.2 Å². The largest absolute Gasteiger partial charge is 0.756 e. The molecule has 4 heterocycles. The van der Waals surface area contributed by atoms with Crippen molar-refractivity contribution in [3.05, 3.63) is 12.7 Å². The fourth-order valence-electron chi connectivity index (χ4n) is 4.37. The highest BCUT2D eigenvalue weighted by Gasteiger charge is 2.46. The normalized spacial score (nSPS) is 44.7. The van der Waals surface area contributed by atoms with Crippen molar-refractivity contribution < 1.29 is 57.4 Å². The fourth-order valence-corrected chi connectivity index (χ4v) is 6.43. The average Bonchev–Trinajstić information content (AvgIpc) is 3.41. The lowest BCUT2D eigenvalue weighted by Gasteiger charge is -2.32. The lowest BCUT2D eigenvalue weighted by atomic mass is 10.1. The SMILES string of the molecule is O=P1([O-])OC[C@H]2C[C@@H](Nc3ncnc4c3ncn4[C@@H]3O[C@H](COP(=O)([O-])O1)[C@@H](O)[C@H]3O)[C@H](O)[C@@H]2O. The number of nitrogens with one attached hydrogen (secondary N) is 1. The lowest BCUT2D eigenvalue weighted by molar-refractivity contribution is -0.246. The smallest absolute Gasteiger partial charge is 0.274 e. The van der Waals surface area contributed by atoms with Gasteiger partial charge >= 0.3 is 0 Å². The molecule has 17 nitrogen and oxygen atoms in total. The zero-order valence-corrected chi connectivity index (χ0v) is 19.4. The molecular formula is C16H21N5O12P2-2. The molecule has 5 N–H and O–H groups in total. The van der Waals surface area contributed by atoms with Crippen LogP contribution >= 0.6 is 15.6 Å². The molecule has 2 aliphatic heterocycles. The van der Waals surface area contributed by atoms with Gasteiger partial charge in [0.25, 0.3) is 15.6 Å². The Morgan fingerprint density at radius 1 is 0.971 bits per heavy atom. The Morgan fingerprint density at radius 3 is 2.43 bits per heavy atom. The standard InChI is InChI=1S/C16H23N5O12P2/c22-10-6-1-7(11(10)23)20-14-9-15(18-4-17-14)21(5-19-9)16-13(25)12(24)8(32-16)3-31-35(28,29)33-34(26,27)30-2-6/h4-8,10-13,16,22-25H,1-3H2,(H,26,27)(H,28,29)(H,17,18,20)/p-2/t6-,7-,8-,10-,11+,12-,13-,16-/m1/s1. The predicted octanol–water partition coefficient (Wildman–Crippen LogP) is -3.03. The Kier molecular flexibility index (Phi) is 6.49. The summed E-state index contributed by atoms with van der Waals surface area (Å²) in [6, 6.07) is -0.818. The number of nitrogens with zero attached hydrogens (tertiary/aromatic N) is 4. The van der Waals surface area contributed by atoms with Crippen LogP contribution in [0.25, 0.3) is 11.2 Å². The molecule has 5 rings (SSSR count). The summed E-state index contributed by atoms with van der Waals surface area (Å²) in [5.74, 6) is -0.741. The van der Waals surface area contributed by atoms with Crippen LogP contribution in [0.3, 0.4) is 0 Å². The maximum absolute atomic E-state index is 12.0. The van der Waals surface area contributed by atoms with E-state index in [1.807, 2.05) is 0 Å². The number of anilines is 1. The second-order valence-corrected chi connectivity index (χ2v) is 11.3. The van der Waals surface area contributed by atoms with Crippen LogP contribution in [0.15, 0.2) is 12.7 Å². The summed E-state index contributed by atoms with van der Waals surface area (Å²) in [4.78, 5) is 36.5. The van der Waals surface area contributed by atoms with Crippen molar-refractivity contribution in [2.45, 2.75) is 49.2 Å². The van der Waals surface area contributed by atoms with Crippen molar-refractivity contribution in [1.29, 1.82) is 0 Å². The molecule has 19 heteroatoms. The van der Waals surface area contributed by atoms with Gasteiger partial charge in [-0.25, -0.2) is 19.3 Å². The van der Waals surface area contributed by atoms with Crippen LogP contribution in [0.2, 0.25) is 0 Å². The molecule has 3 aliphatic rings. The molecule has 2 aromatic heterocycles. The van der Waals surface area contributed by atoms with Gasteiger partial charge in [-0.3, -0.25) is 13.7 Å². The van der Waals surface area contributed by atoms with E-state index in [0.717, 1.165) is 0 Å². The van der Waals surface area contributed by atoms with Crippen molar-refractivity contribution in [3.63, 3.8) is 0 Å². The Labute approximate surface area is 196 Å². The second-order valence-electron chi connectivity index (χ2n) is 8.39. The number of aliphatic hydroxyl groups excluding tert-OH is 4. The fraction of sp³-hybridized carbons (Fsp3) is 0.688. The molecule has 35 heavy (non-hydrogen) atoms. The van der Waals surface area contributed by atoms with Crippen molar-refractivity contribution in [2.24, 2.45) is 5.92 Å². The van der Waals surface area contributed by atoms with E-state index < -0.39 is 77.6 Å². The Balaban J connectivity index is 1.52. The zero-order chi connectivity index (χ0) is 25.1. The molecule has 2 fully saturated rings. The molecule has 8 bridgehead atoms. The monoisotopic (exact) mass is 537 g/mol. The highest BCUT2D eigenvalue weighted by molar-refractivity contribution is 7.59. The quantitative estimate of drug-likeness (QED) is 0.209. The van der Waals surface area contributed by atoms with Crippen LogP contribution in [0, 0.1) is 5.92 Å². The lowest BCUT2D eigenvalue weighted by Crippen LogP contribution is -2.35. The first-order valence-electron chi connectivity index (χ1n) is 10.4. The van der Waals surface area contributed by atoms with Crippen molar-refractivity contribution >= 4 is 32.6 Å². The Bertz CT molecular complexity index is 1200. The number of phosphoric acid groups is 2. The van der Waals surface area contributed by atoms with E-state index in [0.29, 0.717) is 0 Å². The molecule has 0 radical (unpaired) electrons. The van der Waals surface area contributed by atoms with Gasteiger partial charge in [0, 0.05) is 5.92 Å². The number of ether oxygens (including phenoxy) is 1. The summed E-state index contributed by atoms with van der Waals surface area (Å²) >= 11 is 0. The number of phosphoric ester groups is 2. The third kappa shape index (κ3) is 4.75. The van der Waals surface area contributed by atoms with Gasteiger partial charge in [-0.2, -0.15) is 0 Å². The molecule has 0 amide bonds. The van der Waals surface area contributed by atoms with Gasteiger partial charge in [0.1, 0.15) is 30.7 Å². The van der Waals surface area contributed by atoms with Gasteiger partial charge in [-0.05, 0) is 6.42 Å². The first-order chi connectivity index (χ1) is 16.5. The summed E-state index contributed by atoms with van der Waals surface area (Å²) in [6.07, 6.45) is -6.19. The van der Waals surface area contributed by atoms with Crippen molar-refractivity contribution in [3.8, 4) is 0 Å². The van der Waals surface area contributed by atoms with E-state index in [2.05, 4.69) is 33.6 Å². The van der Waals surface area contributed by atoms with E-state index in [1.165, 1.54) is 17.2 Å². The summed E-state index contributed by atoms with van der Waals surface area (Å²) in [5.41, 5.74) is 0.390. The highest BCUT2D eigenvalue weighted by Crippen LogP contribution is 2.56. The van der Waals surface area contributed by atoms with Gasteiger partial charge in [-0.1, -0.05) is 0 Å². The van der Waals surface area contributed by atoms with Crippen LogP contribution in [-0.4, -0.2) is 89.7 Å². The minimum atomic E-state index is -5.51. The first-order valence-corrected chi connectivity index (χ1v) is 13.3. The van der Waals surface area contributed by atoms with E-state index in [-0.39, 0.29) is 23.4 Å². The van der Waals surface area contributed by atoms with E-state index in [1.54, 1.807) is 0 Å². The molecular weight excluding hydrogens is 516 g/mol. The van der Waals surface area contributed by atoms with Crippen LogP contribution < -0.4 is 15.1 Å². The van der Waals surface area contributed by atoms with Crippen molar-refractivity contribution in [2.75, 3.05) is 18.5 Å². The minimum Gasteiger partial charge on any atom is -0.756 e. The maximum atomic E-state index is 12.0. The van der Waals surface area contributed by atoms with Crippen LogP contribution in [0.4, 0.5) is 5.82 Å². The topological polar surface area (TPSA) is 254 Å². The Morgan fingerprint density at radius 2 is 1.69 bits per heavy atom.